The van der Waals surface area contributed by atoms with E-state index < -0.39 is 0 Å². The van der Waals surface area contributed by atoms with Gasteiger partial charge >= 0.3 is 0 Å². The van der Waals surface area contributed by atoms with Gasteiger partial charge in [0, 0.05) is 30.7 Å². The van der Waals surface area contributed by atoms with Crippen LogP contribution in [0, 0.1) is 0 Å². The van der Waals surface area contributed by atoms with Crippen molar-refractivity contribution < 1.29 is 9.53 Å². The molecule has 0 aromatic carbocycles. The highest BCUT2D eigenvalue weighted by molar-refractivity contribution is 5.96. The molecule has 2 aliphatic rings. The van der Waals surface area contributed by atoms with E-state index in [1.807, 2.05) is 37.3 Å². The SMILES string of the molecule is C=C/C(=C\C(=C)C)COC1=CCC=C(C(=O)NCC2(N(CC)CCN(C)C)CCCCC2)C=C1. The van der Waals surface area contributed by atoms with E-state index in [0.29, 0.717) is 25.1 Å². The molecule has 2 aliphatic carbocycles. The number of hydrogen-bond donors (Lipinski definition) is 1. The van der Waals surface area contributed by atoms with E-state index in [2.05, 4.69) is 49.3 Å². The van der Waals surface area contributed by atoms with Gasteiger partial charge in [0.25, 0.3) is 5.91 Å². The topological polar surface area (TPSA) is 44.8 Å². The first kappa shape index (κ1) is 27.9. The molecule has 5 nitrogen and oxygen atoms in total. The molecular formula is C29H45N3O2. The maximum atomic E-state index is 13.1. The Morgan fingerprint density at radius 2 is 1.91 bits per heavy atom. The van der Waals surface area contributed by atoms with Gasteiger partial charge in [0.2, 0.25) is 0 Å². The minimum Gasteiger partial charge on any atom is -0.489 e. The lowest BCUT2D eigenvalue weighted by atomic mass is 9.80. The van der Waals surface area contributed by atoms with Crippen LogP contribution in [-0.2, 0) is 9.53 Å². The van der Waals surface area contributed by atoms with Crippen LogP contribution >= 0.6 is 0 Å². The Morgan fingerprint density at radius 3 is 2.53 bits per heavy atom. The summed E-state index contributed by atoms with van der Waals surface area (Å²) in [7, 11) is 4.24. The maximum absolute atomic E-state index is 13.1. The molecule has 0 heterocycles. The monoisotopic (exact) mass is 467 g/mol. The fourth-order valence-corrected chi connectivity index (χ4v) is 4.74. The molecule has 0 spiro atoms. The summed E-state index contributed by atoms with van der Waals surface area (Å²) in [5.41, 5.74) is 2.68. The quantitative estimate of drug-likeness (QED) is 0.380. The highest BCUT2D eigenvalue weighted by Gasteiger charge is 2.37. The van der Waals surface area contributed by atoms with Crippen LogP contribution in [0.5, 0.6) is 0 Å². The first-order valence-corrected chi connectivity index (χ1v) is 12.7. The van der Waals surface area contributed by atoms with Crippen molar-refractivity contribution in [2.24, 2.45) is 0 Å². The first-order valence-electron chi connectivity index (χ1n) is 12.7. The molecule has 0 aromatic heterocycles. The van der Waals surface area contributed by atoms with Gasteiger partial charge in [-0.25, -0.2) is 0 Å². The van der Waals surface area contributed by atoms with E-state index >= 15 is 0 Å². The lowest BCUT2D eigenvalue weighted by molar-refractivity contribution is -0.118. The van der Waals surface area contributed by atoms with Crippen LogP contribution in [0.2, 0.25) is 0 Å². The highest BCUT2D eigenvalue weighted by atomic mass is 16.5. The normalized spacial score (nSPS) is 18.2. The van der Waals surface area contributed by atoms with Crippen LogP contribution in [-0.4, -0.2) is 68.1 Å². The number of allylic oxidation sites excluding steroid dienone is 5. The van der Waals surface area contributed by atoms with Crippen molar-refractivity contribution >= 4 is 5.91 Å². The van der Waals surface area contributed by atoms with Gasteiger partial charge in [-0.1, -0.05) is 63.1 Å². The smallest absolute Gasteiger partial charge is 0.251 e. The summed E-state index contributed by atoms with van der Waals surface area (Å²) >= 11 is 0. The largest absolute Gasteiger partial charge is 0.489 e. The van der Waals surface area contributed by atoms with Crippen LogP contribution in [0.3, 0.4) is 0 Å². The Kier molecular flexibility index (Phi) is 11.6. The second-order valence-electron chi connectivity index (χ2n) is 9.74. The maximum Gasteiger partial charge on any atom is 0.251 e. The van der Waals surface area contributed by atoms with Gasteiger partial charge in [0.15, 0.2) is 0 Å². The molecule has 0 unspecified atom stereocenters. The summed E-state index contributed by atoms with van der Waals surface area (Å²) in [5, 5.41) is 3.28. The lowest BCUT2D eigenvalue weighted by Crippen LogP contribution is -2.58. The summed E-state index contributed by atoms with van der Waals surface area (Å²) in [6.45, 7) is 16.1. The van der Waals surface area contributed by atoms with Crippen molar-refractivity contribution in [3.63, 3.8) is 0 Å². The fraction of sp³-hybridized carbons (Fsp3) is 0.552. The molecule has 0 aromatic rings. The number of hydrogen-bond acceptors (Lipinski definition) is 4. The Balaban J connectivity index is 1.98. The second kappa shape index (κ2) is 14.1. The molecule has 0 bridgehead atoms. The van der Waals surface area contributed by atoms with Crippen molar-refractivity contribution in [2.75, 3.05) is 46.9 Å². The van der Waals surface area contributed by atoms with E-state index in [1.54, 1.807) is 6.08 Å². The van der Waals surface area contributed by atoms with Crippen LogP contribution in [0.15, 0.2) is 72.1 Å². The molecule has 0 atom stereocenters. The molecule has 0 aliphatic heterocycles. The summed E-state index contributed by atoms with van der Waals surface area (Å²) in [4.78, 5) is 17.9. The molecule has 34 heavy (non-hydrogen) atoms. The van der Waals surface area contributed by atoms with Gasteiger partial charge in [0.1, 0.15) is 12.4 Å². The van der Waals surface area contributed by atoms with Gasteiger partial charge in [-0.3, -0.25) is 9.69 Å². The van der Waals surface area contributed by atoms with Gasteiger partial charge < -0.3 is 15.0 Å². The minimum atomic E-state index is -0.00605. The summed E-state index contributed by atoms with van der Waals surface area (Å²) < 4.78 is 5.93. The zero-order chi connectivity index (χ0) is 25.0. The molecule has 2 rings (SSSR count). The van der Waals surface area contributed by atoms with Gasteiger partial charge in [-0.15, -0.1) is 0 Å². The average Bonchev–Trinajstić information content (AvgIpc) is 3.06. The number of nitrogens with zero attached hydrogens (tertiary/aromatic N) is 2. The number of nitrogens with one attached hydrogen (secondary N) is 1. The van der Waals surface area contributed by atoms with E-state index in [1.165, 1.54) is 19.3 Å². The molecule has 5 heteroatoms. The Morgan fingerprint density at radius 1 is 1.18 bits per heavy atom. The number of amides is 1. The second-order valence-corrected chi connectivity index (χ2v) is 9.74. The molecule has 1 amide bonds. The average molecular weight is 468 g/mol. The third kappa shape index (κ3) is 8.77. The predicted octanol–water partition coefficient (Wildman–Crippen LogP) is 5.16. The molecule has 188 valence electrons. The van der Waals surface area contributed by atoms with Gasteiger partial charge in [-0.2, -0.15) is 0 Å². The highest BCUT2D eigenvalue weighted by Crippen LogP contribution is 2.33. The summed E-state index contributed by atoms with van der Waals surface area (Å²) in [6, 6.07) is 0. The molecule has 0 saturated heterocycles. The van der Waals surface area contributed by atoms with Crippen molar-refractivity contribution in [3.05, 3.63) is 72.1 Å². The minimum absolute atomic E-state index is 0.00605. The Labute approximate surface area is 207 Å². The number of carbonyl (C=O) groups is 1. The van der Waals surface area contributed by atoms with Crippen molar-refractivity contribution in [2.45, 2.75) is 57.9 Å². The fourth-order valence-electron chi connectivity index (χ4n) is 4.74. The molecule has 1 saturated carbocycles. The zero-order valence-electron chi connectivity index (χ0n) is 21.9. The van der Waals surface area contributed by atoms with Crippen molar-refractivity contribution in [3.8, 4) is 0 Å². The predicted molar refractivity (Wildman–Crippen MR) is 144 cm³/mol. The summed E-state index contributed by atoms with van der Waals surface area (Å²) in [6.07, 6.45) is 18.2. The lowest BCUT2D eigenvalue weighted by Gasteiger charge is -2.47. The van der Waals surface area contributed by atoms with Crippen molar-refractivity contribution in [1.29, 1.82) is 0 Å². The van der Waals surface area contributed by atoms with E-state index in [9.17, 15) is 4.79 Å². The number of likely N-dealkylation sites (N-methyl/N-ethyl adjacent to an activating group) is 2. The molecule has 1 fully saturated rings. The van der Waals surface area contributed by atoms with Crippen LogP contribution in [0.1, 0.15) is 52.4 Å². The molecule has 1 N–H and O–H groups in total. The standard InChI is InChI=1S/C29H45N3O2/c1-7-25(21-24(3)4)22-34-27-14-12-13-26(15-16-27)28(33)30-23-29(17-10-9-11-18-29)32(8-2)20-19-31(5)6/h7,13-16,21H,1,3,8-12,17-20,22-23H2,2,4-6H3,(H,30,33)/b25-21+. The van der Waals surface area contributed by atoms with E-state index in [4.69, 9.17) is 4.74 Å². The Hall–Kier alpha value is -2.37. The molecule has 0 radical (unpaired) electrons. The number of carbonyl (C=O) groups excluding carboxylic acids is 1. The van der Waals surface area contributed by atoms with Gasteiger partial charge in [0.05, 0.1) is 0 Å². The Bertz CT molecular complexity index is 826. The van der Waals surface area contributed by atoms with E-state index in [-0.39, 0.29) is 11.4 Å². The number of ether oxygens (including phenoxy) is 1. The zero-order valence-corrected chi connectivity index (χ0v) is 21.9. The van der Waals surface area contributed by atoms with Gasteiger partial charge in [-0.05, 0) is 70.6 Å². The van der Waals surface area contributed by atoms with Crippen LogP contribution in [0.4, 0.5) is 0 Å². The first-order chi connectivity index (χ1) is 16.3. The number of rotatable bonds is 13. The third-order valence-electron chi connectivity index (χ3n) is 6.68. The van der Waals surface area contributed by atoms with Crippen molar-refractivity contribution in [1.82, 2.24) is 15.1 Å². The third-order valence-corrected chi connectivity index (χ3v) is 6.68. The van der Waals surface area contributed by atoms with Crippen LogP contribution < -0.4 is 5.32 Å². The van der Waals surface area contributed by atoms with Crippen LogP contribution in [0.25, 0.3) is 0 Å². The van der Waals surface area contributed by atoms with E-state index in [0.717, 1.165) is 49.4 Å². The molecular weight excluding hydrogens is 422 g/mol. The summed E-state index contributed by atoms with van der Waals surface area (Å²) in [5.74, 6) is 0.756.